The molecule has 24 heavy (non-hydrogen) atoms. The van der Waals surface area contributed by atoms with Crippen molar-refractivity contribution in [2.45, 2.75) is 32.2 Å². The van der Waals surface area contributed by atoms with Crippen LogP contribution in [0.4, 0.5) is 5.95 Å². The van der Waals surface area contributed by atoms with Crippen LogP contribution < -0.4 is 5.32 Å². The molecule has 0 aliphatic heterocycles. The van der Waals surface area contributed by atoms with Gasteiger partial charge in [0, 0.05) is 25.5 Å². The molecule has 0 unspecified atom stereocenters. The first-order chi connectivity index (χ1) is 11.7. The van der Waals surface area contributed by atoms with Gasteiger partial charge in [0.15, 0.2) is 0 Å². The average Bonchev–Trinajstić information content (AvgIpc) is 3.02. The van der Waals surface area contributed by atoms with Crippen LogP contribution in [0.3, 0.4) is 0 Å². The second-order valence-corrected chi connectivity index (χ2v) is 6.42. The Morgan fingerprint density at radius 1 is 1.17 bits per heavy atom. The summed E-state index contributed by atoms with van der Waals surface area (Å²) in [5, 5.41) is 7.76. The third kappa shape index (κ3) is 2.77. The Kier molecular flexibility index (Phi) is 3.76. The first-order valence-corrected chi connectivity index (χ1v) is 8.36. The van der Waals surface area contributed by atoms with Crippen LogP contribution in [0.1, 0.15) is 23.1 Å². The van der Waals surface area contributed by atoms with Crippen molar-refractivity contribution in [3.8, 4) is 11.4 Å². The van der Waals surface area contributed by atoms with E-state index < -0.39 is 0 Å². The molecule has 1 N–H and O–H groups in total. The van der Waals surface area contributed by atoms with Gasteiger partial charge in [-0.1, -0.05) is 24.3 Å². The molecule has 5 heteroatoms. The summed E-state index contributed by atoms with van der Waals surface area (Å²) in [6, 6.07) is 11.0. The Balaban J connectivity index is 1.57. The minimum atomic E-state index is 0.377. The van der Waals surface area contributed by atoms with Gasteiger partial charge in [-0.2, -0.15) is 5.10 Å². The topological polar surface area (TPSA) is 55.6 Å². The van der Waals surface area contributed by atoms with Gasteiger partial charge in [0.2, 0.25) is 5.95 Å². The molecule has 1 aromatic carbocycles. The molecular weight excluding hydrogens is 298 g/mol. The molecular formula is C19H21N5. The van der Waals surface area contributed by atoms with E-state index in [1.807, 2.05) is 30.9 Å². The van der Waals surface area contributed by atoms with Crippen molar-refractivity contribution in [2.24, 2.45) is 7.05 Å². The first-order valence-electron chi connectivity index (χ1n) is 8.36. The summed E-state index contributed by atoms with van der Waals surface area (Å²) in [6.45, 7) is 2.03. The third-order valence-corrected chi connectivity index (χ3v) is 4.72. The van der Waals surface area contributed by atoms with E-state index in [9.17, 15) is 0 Å². The zero-order valence-corrected chi connectivity index (χ0v) is 14.0. The van der Waals surface area contributed by atoms with E-state index in [0.717, 1.165) is 36.2 Å². The third-order valence-electron chi connectivity index (χ3n) is 4.72. The zero-order chi connectivity index (χ0) is 16.5. The minimum absolute atomic E-state index is 0.377. The van der Waals surface area contributed by atoms with Crippen LogP contribution in [0, 0.1) is 6.92 Å². The maximum Gasteiger partial charge on any atom is 0.223 e. The number of hydrogen-bond donors (Lipinski definition) is 1. The number of fused-ring (bicyclic) bond motifs is 1. The van der Waals surface area contributed by atoms with E-state index in [4.69, 9.17) is 4.98 Å². The smallest absolute Gasteiger partial charge is 0.223 e. The summed E-state index contributed by atoms with van der Waals surface area (Å²) in [4.78, 5) is 9.22. The summed E-state index contributed by atoms with van der Waals surface area (Å²) in [7, 11) is 1.93. The quantitative estimate of drug-likeness (QED) is 0.806. The summed E-state index contributed by atoms with van der Waals surface area (Å²) < 4.78 is 1.84. The summed E-state index contributed by atoms with van der Waals surface area (Å²) in [5.41, 5.74) is 5.89. The van der Waals surface area contributed by atoms with Crippen molar-refractivity contribution in [1.29, 1.82) is 0 Å². The van der Waals surface area contributed by atoms with Gasteiger partial charge < -0.3 is 5.32 Å². The fraction of sp³-hybridized carbons (Fsp3) is 0.316. The van der Waals surface area contributed by atoms with Crippen molar-refractivity contribution >= 4 is 5.95 Å². The van der Waals surface area contributed by atoms with Crippen molar-refractivity contribution in [1.82, 2.24) is 19.7 Å². The van der Waals surface area contributed by atoms with E-state index in [0.29, 0.717) is 12.0 Å². The summed E-state index contributed by atoms with van der Waals surface area (Å²) in [5.74, 6) is 0.696. The maximum absolute atomic E-state index is 4.74. The largest absolute Gasteiger partial charge is 0.351 e. The van der Waals surface area contributed by atoms with Crippen LogP contribution >= 0.6 is 0 Å². The number of rotatable bonds is 3. The van der Waals surface area contributed by atoms with Gasteiger partial charge in [0.05, 0.1) is 11.4 Å². The Hall–Kier alpha value is -2.69. The van der Waals surface area contributed by atoms with Crippen LogP contribution in [-0.4, -0.2) is 25.8 Å². The average molecular weight is 319 g/mol. The predicted octanol–water partition coefficient (Wildman–Crippen LogP) is 3.15. The number of nitrogens with one attached hydrogen (secondary N) is 1. The molecule has 1 atom stereocenters. The molecule has 0 radical (unpaired) electrons. The lowest BCUT2D eigenvalue weighted by Crippen LogP contribution is -2.28. The van der Waals surface area contributed by atoms with Gasteiger partial charge in [0.25, 0.3) is 0 Å². The fourth-order valence-electron chi connectivity index (χ4n) is 3.38. The van der Waals surface area contributed by atoms with Crippen LogP contribution in [-0.2, 0) is 19.9 Å². The Labute approximate surface area is 141 Å². The molecule has 122 valence electrons. The normalized spacial score (nSPS) is 16.7. The molecule has 0 saturated heterocycles. The van der Waals surface area contributed by atoms with Gasteiger partial charge in [-0.05, 0) is 48.9 Å². The monoisotopic (exact) mass is 319 g/mol. The van der Waals surface area contributed by atoms with Gasteiger partial charge in [-0.25, -0.2) is 9.97 Å². The lowest BCUT2D eigenvalue weighted by atomic mass is 9.88. The second kappa shape index (κ2) is 6.07. The van der Waals surface area contributed by atoms with Crippen molar-refractivity contribution in [2.75, 3.05) is 5.32 Å². The van der Waals surface area contributed by atoms with E-state index in [-0.39, 0.29) is 0 Å². The van der Waals surface area contributed by atoms with Gasteiger partial charge in [0.1, 0.15) is 0 Å². The maximum atomic E-state index is 4.74. The van der Waals surface area contributed by atoms with Gasteiger partial charge in [-0.3, -0.25) is 4.68 Å². The predicted molar refractivity (Wildman–Crippen MR) is 94.8 cm³/mol. The molecule has 2 aromatic heterocycles. The lowest BCUT2D eigenvalue weighted by Gasteiger charge is -2.25. The molecule has 1 aliphatic rings. The highest BCUT2D eigenvalue weighted by Crippen LogP contribution is 2.24. The Morgan fingerprint density at radius 3 is 2.79 bits per heavy atom. The summed E-state index contributed by atoms with van der Waals surface area (Å²) >= 11 is 0. The standard InChI is InChI=1S/C19H21N5/c1-13-12-20-19(23-18(13)17-9-10-21-24(17)2)22-16-8-7-14-5-3-4-6-15(14)11-16/h3-6,9-10,12,16H,7-8,11H2,1-2H3,(H,20,22,23)/t16-/m1/s1. The van der Waals surface area contributed by atoms with E-state index >= 15 is 0 Å². The SMILES string of the molecule is Cc1cnc(N[C@@H]2CCc3ccccc3C2)nc1-c1ccnn1C. The van der Waals surface area contributed by atoms with Crippen molar-refractivity contribution < 1.29 is 0 Å². The van der Waals surface area contributed by atoms with Gasteiger partial charge in [-0.15, -0.1) is 0 Å². The second-order valence-electron chi connectivity index (χ2n) is 6.42. The van der Waals surface area contributed by atoms with Crippen molar-refractivity contribution in [3.05, 3.63) is 59.4 Å². The van der Waals surface area contributed by atoms with E-state index in [1.54, 1.807) is 6.20 Å². The molecule has 0 amide bonds. The minimum Gasteiger partial charge on any atom is -0.351 e. The Bertz CT molecular complexity index is 868. The molecule has 1 aliphatic carbocycles. The number of aromatic nitrogens is 4. The Morgan fingerprint density at radius 2 is 2.00 bits per heavy atom. The van der Waals surface area contributed by atoms with Crippen molar-refractivity contribution in [3.63, 3.8) is 0 Å². The van der Waals surface area contributed by atoms with Crippen LogP contribution in [0.2, 0.25) is 0 Å². The van der Waals surface area contributed by atoms with E-state index in [1.165, 1.54) is 11.1 Å². The molecule has 0 fully saturated rings. The van der Waals surface area contributed by atoms with E-state index in [2.05, 4.69) is 39.7 Å². The molecule has 4 rings (SSSR count). The highest BCUT2D eigenvalue weighted by molar-refractivity contribution is 5.59. The molecule has 0 spiro atoms. The molecule has 2 heterocycles. The highest BCUT2D eigenvalue weighted by Gasteiger charge is 2.19. The van der Waals surface area contributed by atoms with Crippen LogP contribution in [0.25, 0.3) is 11.4 Å². The number of anilines is 1. The molecule has 3 aromatic rings. The van der Waals surface area contributed by atoms with Crippen LogP contribution in [0.5, 0.6) is 0 Å². The van der Waals surface area contributed by atoms with Crippen LogP contribution in [0.15, 0.2) is 42.7 Å². The molecule has 0 bridgehead atoms. The van der Waals surface area contributed by atoms with Gasteiger partial charge >= 0.3 is 0 Å². The molecule has 5 nitrogen and oxygen atoms in total. The number of benzene rings is 1. The number of hydrogen-bond acceptors (Lipinski definition) is 4. The highest BCUT2D eigenvalue weighted by atomic mass is 15.3. The number of aryl methyl sites for hydroxylation is 3. The number of nitrogens with zero attached hydrogens (tertiary/aromatic N) is 4. The lowest BCUT2D eigenvalue weighted by molar-refractivity contribution is 0.606. The summed E-state index contributed by atoms with van der Waals surface area (Å²) in [6.07, 6.45) is 6.91. The zero-order valence-electron chi connectivity index (χ0n) is 14.0. The fourth-order valence-corrected chi connectivity index (χ4v) is 3.38. The molecule has 0 saturated carbocycles. The first kappa shape index (κ1) is 14.9.